The summed E-state index contributed by atoms with van der Waals surface area (Å²) in [5.74, 6) is 2.55. The van der Waals surface area contributed by atoms with Crippen molar-refractivity contribution in [3.05, 3.63) is 54.1 Å². The minimum absolute atomic E-state index is 0.00269. The highest BCUT2D eigenvalue weighted by Crippen LogP contribution is 2.30. The van der Waals surface area contributed by atoms with Gasteiger partial charge in [-0.1, -0.05) is 45.0 Å². The molecule has 1 aliphatic carbocycles. The molecule has 0 amide bonds. The number of sulfonamides is 1. The molecule has 1 saturated carbocycles. The first-order valence-corrected chi connectivity index (χ1v) is 15.4. The summed E-state index contributed by atoms with van der Waals surface area (Å²) >= 11 is 0. The molecule has 0 radical (unpaired) electrons. The maximum Gasteiger partial charge on any atom is 0.240 e. The van der Waals surface area contributed by atoms with E-state index in [2.05, 4.69) is 55.6 Å². The van der Waals surface area contributed by atoms with Gasteiger partial charge in [-0.15, -0.1) is 0 Å². The highest BCUT2D eigenvalue weighted by Gasteiger charge is 2.24. The number of fused-ring (bicyclic) bond motifs is 1. The van der Waals surface area contributed by atoms with Gasteiger partial charge in [0.25, 0.3) is 0 Å². The second-order valence-electron chi connectivity index (χ2n) is 11.5. The van der Waals surface area contributed by atoms with Gasteiger partial charge in [0.1, 0.15) is 5.82 Å². The molecule has 0 aliphatic heterocycles. The molecular formula is C30H43N5O2S. The Kier molecular flexibility index (Phi) is 8.93. The van der Waals surface area contributed by atoms with E-state index in [9.17, 15) is 8.42 Å². The van der Waals surface area contributed by atoms with Crippen LogP contribution in [0.3, 0.4) is 0 Å². The number of rotatable bonds is 10. The van der Waals surface area contributed by atoms with E-state index in [1.807, 2.05) is 30.3 Å². The van der Waals surface area contributed by atoms with Crippen LogP contribution in [-0.4, -0.2) is 44.6 Å². The smallest absolute Gasteiger partial charge is 0.240 e. The molecule has 3 aromatic rings. The van der Waals surface area contributed by atoms with Crippen LogP contribution in [0.4, 0.5) is 11.8 Å². The molecule has 2 aromatic carbocycles. The normalized spacial score (nSPS) is 18.4. The molecule has 1 fully saturated rings. The van der Waals surface area contributed by atoms with E-state index in [4.69, 9.17) is 9.97 Å². The van der Waals surface area contributed by atoms with Crippen molar-refractivity contribution in [3.63, 3.8) is 0 Å². The standard InChI is InChI=1S/C30H43N5O2S/c1-6-35(7-2)28-26-10-8-9-11-27(26)33-29(34-28)31-20-22-12-14-23(15-13-22)21-32-38(36,37)25-18-16-24(17-19-25)30(3,4)5/h8-11,16-19,22-23,32H,6-7,12-15,20-21H2,1-5H3,(H,31,33,34)/t22-,23-. The molecule has 1 aliphatic rings. The van der Waals surface area contributed by atoms with Gasteiger partial charge in [0.15, 0.2) is 0 Å². The van der Waals surface area contributed by atoms with Crippen LogP contribution in [0.25, 0.3) is 10.9 Å². The monoisotopic (exact) mass is 537 g/mol. The lowest BCUT2D eigenvalue weighted by Crippen LogP contribution is -2.32. The summed E-state index contributed by atoms with van der Waals surface area (Å²) in [4.78, 5) is 12.2. The lowest BCUT2D eigenvalue weighted by molar-refractivity contribution is 0.284. The van der Waals surface area contributed by atoms with Gasteiger partial charge in [-0.05, 0) is 86.6 Å². The van der Waals surface area contributed by atoms with E-state index in [0.717, 1.165) is 67.6 Å². The van der Waals surface area contributed by atoms with Crippen LogP contribution in [-0.2, 0) is 15.4 Å². The first-order valence-electron chi connectivity index (χ1n) is 14.0. The van der Waals surface area contributed by atoms with Gasteiger partial charge in [-0.2, -0.15) is 4.98 Å². The van der Waals surface area contributed by atoms with Gasteiger partial charge in [0.2, 0.25) is 16.0 Å². The molecule has 7 nitrogen and oxygen atoms in total. The second kappa shape index (κ2) is 12.0. The largest absolute Gasteiger partial charge is 0.356 e. The number of hydrogen-bond donors (Lipinski definition) is 2. The minimum Gasteiger partial charge on any atom is -0.356 e. The van der Waals surface area contributed by atoms with Crippen LogP contribution >= 0.6 is 0 Å². The van der Waals surface area contributed by atoms with Crippen molar-refractivity contribution in [2.45, 2.75) is 70.6 Å². The summed E-state index contributed by atoms with van der Waals surface area (Å²) in [5, 5.41) is 4.58. The molecule has 0 bridgehead atoms. The minimum atomic E-state index is -3.50. The molecule has 4 rings (SSSR count). The molecule has 0 unspecified atom stereocenters. The molecule has 8 heteroatoms. The van der Waals surface area contributed by atoms with Crippen molar-refractivity contribution in [3.8, 4) is 0 Å². The topological polar surface area (TPSA) is 87.2 Å². The van der Waals surface area contributed by atoms with Gasteiger partial charge in [0, 0.05) is 31.6 Å². The third-order valence-electron chi connectivity index (χ3n) is 7.75. The zero-order valence-electron chi connectivity index (χ0n) is 23.5. The molecule has 0 saturated heterocycles. The highest BCUT2D eigenvalue weighted by molar-refractivity contribution is 7.89. The molecule has 206 valence electrons. The summed E-state index contributed by atoms with van der Waals surface area (Å²) in [6, 6.07) is 15.4. The van der Waals surface area contributed by atoms with Gasteiger partial charge in [-0.3, -0.25) is 0 Å². The van der Waals surface area contributed by atoms with E-state index in [0.29, 0.717) is 29.2 Å². The van der Waals surface area contributed by atoms with Crippen LogP contribution in [0.2, 0.25) is 0 Å². The average molecular weight is 538 g/mol. The summed E-state index contributed by atoms with van der Waals surface area (Å²) in [6.07, 6.45) is 4.16. The number of aromatic nitrogens is 2. The molecule has 38 heavy (non-hydrogen) atoms. The Morgan fingerprint density at radius 2 is 1.47 bits per heavy atom. The zero-order chi connectivity index (χ0) is 27.3. The van der Waals surface area contributed by atoms with Crippen LogP contribution in [0.1, 0.15) is 65.9 Å². The van der Waals surface area contributed by atoms with Crippen molar-refractivity contribution < 1.29 is 8.42 Å². The van der Waals surface area contributed by atoms with E-state index in [1.165, 1.54) is 0 Å². The second-order valence-corrected chi connectivity index (χ2v) is 13.2. The van der Waals surface area contributed by atoms with E-state index < -0.39 is 10.0 Å². The Bertz CT molecular complexity index is 1310. The maximum atomic E-state index is 12.8. The quantitative estimate of drug-likeness (QED) is 0.331. The van der Waals surface area contributed by atoms with Gasteiger partial charge in [-0.25, -0.2) is 18.1 Å². The van der Waals surface area contributed by atoms with Crippen molar-refractivity contribution in [2.75, 3.05) is 36.4 Å². The number of hydrogen-bond acceptors (Lipinski definition) is 6. The molecule has 0 spiro atoms. The highest BCUT2D eigenvalue weighted by atomic mass is 32.2. The van der Waals surface area contributed by atoms with Crippen molar-refractivity contribution in [1.29, 1.82) is 0 Å². The fourth-order valence-corrected chi connectivity index (χ4v) is 6.34. The van der Waals surface area contributed by atoms with E-state index >= 15 is 0 Å². The summed E-state index contributed by atoms with van der Waals surface area (Å²) in [6.45, 7) is 13.8. The predicted octanol–water partition coefficient (Wildman–Crippen LogP) is 5.97. The molecule has 0 atom stereocenters. The molecule has 1 aromatic heterocycles. The van der Waals surface area contributed by atoms with Crippen LogP contribution in [0, 0.1) is 11.8 Å². The molecule has 2 N–H and O–H groups in total. The molecular weight excluding hydrogens is 494 g/mol. The van der Waals surface area contributed by atoms with Gasteiger partial charge < -0.3 is 10.2 Å². The van der Waals surface area contributed by atoms with Crippen molar-refractivity contribution >= 4 is 32.7 Å². The van der Waals surface area contributed by atoms with E-state index in [-0.39, 0.29) is 5.41 Å². The first kappa shape index (κ1) is 28.3. The fourth-order valence-electron chi connectivity index (χ4n) is 5.22. The first-order chi connectivity index (χ1) is 18.1. The number of nitrogens with zero attached hydrogens (tertiary/aromatic N) is 3. The van der Waals surface area contributed by atoms with Crippen LogP contribution in [0.15, 0.2) is 53.4 Å². The van der Waals surface area contributed by atoms with Crippen LogP contribution < -0.4 is 14.9 Å². The van der Waals surface area contributed by atoms with Crippen LogP contribution in [0.5, 0.6) is 0 Å². The zero-order valence-corrected chi connectivity index (χ0v) is 24.3. The predicted molar refractivity (Wildman–Crippen MR) is 157 cm³/mol. The Morgan fingerprint density at radius 3 is 2.08 bits per heavy atom. The van der Waals surface area contributed by atoms with Gasteiger partial charge >= 0.3 is 0 Å². The summed E-state index contributed by atoms with van der Waals surface area (Å²) < 4.78 is 28.5. The lowest BCUT2D eigenvalue weighted by atomic mass is 9.82. The average Bonchev–Trinajstić information content (AvgIpc) is 2.91. The third-order valence-corrected chi connectivity index (χ3v) is 9.19. The summed E-state index contributed by atoms with van der Waals surface area (Å²) in [7, 11) is -3.50. The third kappa shape index (κ3) is 6.83. The number of benzene rings is 2. The number of anilines is 2. The number of para-hydroxylation sites is 1. The Hall–Kier alpha value is -2.71. The Labute approximate surface area is 228 Å². The van der Waals surface area contributed by atoms with Crippen molar-refractivity contribution in [2.24, 2.45) is 11.8 Å². The fraction of sp³-hybridized carbons (Fsp3) is 0.533. The molecule has 1 heterocycles. The van der Waals surface area contributed by atoms with Crippen molar-refractivity contribution in [1.82, 2.24) is 14.7 Å². The summed E-state index contributed by atoms with van der Waals surface area (Å²) in [5.41, 5.74) is 2.08. The number of nitrogens with one attached hydrogen (secondary N) is 2. The maximum absolute atomic E-state index is 12.8. The lowest BCUT2D eigenvalue weighted by Gasteiger charge is -2.29. The van der Waals surface area contributed by atoms with Gasteiger partial charge in [0.05, 0.1) is 10.4 Å². The SMILES string of the molecule is CCN(CC)c1nc(NC[C@H]2CC[C@H](CNS(=O)(=O)c3ccc(C(C)(C)C)cc3)CC2)nc2ccccc12. The Balaban J connectivity index is 1.29. The Morgan fingerprint density at radius 1 is 0.868 bits per heavy atom. The van der Waals surface area contributed by atoms with E-state index in [1.54, 1.807) is 12.1 Å².